The fourth-order valence-electron chi connectivity index (χ4n) is 2.28. The molecule has 0 bridgehead atoms. The number of hydrogen-bond acceptors (Lipinski definition) is 1. The Morgan fingerprint density at radius 1 is 0.857 bits per heavy atom. The van der Waals surface area contributed by atoms with Gasteiger partial charge in [-0.1, -0.05) is 93.6 Å². The van der Waals surface area contributed by atoms with Crippen molar-refractivity contribution in [3.63, 3.8) is 0 Å². The maximum atomic E-state index is 11.2. The first-order chi connectivity index (χ1) is 9.91. The van der Waals surface area contributed by atoms with Crippen molar-refractivity contribution in [1.82, 2.24) is 0 Å². The van der Waals surface area contributed by atoms with E-state index >= 15 is 0 Å². The van der Waals surface area contributed by atoms with Gasteiger partial charge in [0.05, 0.1) is 5.60 Å². The van der Waals surface area contributed by atoms with Gasteiger partial charge < -0.3 is 5.11 Å². The summed E-state index contributed by atoms with van der Waals surface area (Å²) in [5.74, 6) is 0. The summed E-state index contributed by atoms with van der Waals surface area (Å²) in [4.78, 5) is 0. The van der Waals surface area contributed by atoms with Gasteiger partial charge in [-0.3, -0.25) is 0 Å². The van der Waals surface area contributed by atoms with E-state index in [1.165, 1.54) is 0 Å². The zero-order valence-electron chi connectivity index (χ0n) is 13.1. The second-order valence-corrected chi connectivity index (χ2v) is 6.58. The first-order valence-electron chi connectivity index (χ1n) is 7.41. The fraction of sp³-hybridized carbons (Fsp3) is 0.300. The average molecular weight is 280 g/mol. The number of hydrogen-bond donors (Lipinski definition) is 1. The first kappa shape index (κ1) is 15.5. The van der Waals surface area contributed by atoms with Crippen molar-refractivity contribution < 1.29 is 5.11 Å². The van der Waals surface area contributed by atoms with Crippen LogP contribution in [-0.4, -0.2) is 10.7 Å². The minimum absolute atomic E-state index is 0.242. The lowest BCUT2D eigenvalue weighted by atomic mass is 9.72. The van der Waals surface area contributed by atoms with Gasteiger partial charge in [0.2, 0.25) is 0 Å². The van der Waals surface area contributed by atoms with Gasteiger partial charge in [-0.25, -0.2) is 0 Å². The van der Waals surface area contributed by atoms with E-state index in [0.29, 0.717) is 6.42 Å². The molecule has 1 N–H and O–H groups in total. The Balaban J connectivity index is 2.28. The van der Waals surface area contributed by atoms with Gasteiger partial charge in [-0.15, -0.1) is 0 Å². The van der Waals surface area contributed by atoms with E-state index in [9.17, 15) is 5.11 Å². The van der Waals surface area contributed by atoms with Gasteiger partial charge in [-0.2, -0.15) is 0 Å². The standard InChI is InChI=1S/C20H24O/c1-19(2,3)20(21,16-18-12-8-5-9-13-18)15-14-17-10-6-4-7-11-17/h4-15,21H,16H2,1-3H3/b15-14+. The van der Waals surface area contributed by atoms with Crippen LogP contribution in [0.5, 0.6) is 0 Å². The lowest BCUT2D eigenvalue weighted by molar-refractivity contribution is -0.0124. The molecule has 0 spiro atoms. The topological polar surface area (TPSA) is 20.2 Å². The molecule has 0 aliphatic carbocycles. The Morgan fingerprint density at radius 3 is 1.90 bits per heavy atom. The molecule has 110 valence electrons. The lowest BCUT2D eigenvalue weighted by Crippen LogP contribution is -2.43. The summed E-state index contributed by atoms with van der Waals surface area (Å²) in [6.07, 6.45) is 4.56. The molecule has 0 saturated carbocycles. The SMILES string of the molecule is CC(C)(C)C(O)(/C=C/c1ccccc1)Cc1ccccc1. The van der Waals surface area contributed by atoms with Crippen LogP contribution in [0.4, 0.5) is 0 Å². The van der Waals surface area contributed by atoms with E-state index in [2.05, 4.69) is 32.9 Å². The molecule has 0 heterocycles. The summed E-state index contributed by atoms with van der Waals surface area (Å²) in [6.45, 7) is 6.22. The molecule has 1 heteroatoms. The molecule has 21 heavy (non-hydrogen) atoms. The van der Waals surface area contributed by atoms with Gasteiger partial charge >= 0.3 is 0 Å². The van der Waals surface area contributed by atoms with Gasteiger partial charge in [0.15, 0.2) is 0 Å². The third-order valence-corrected chi connectivity index (χ3v) is 3.97. The molecule has 1 atom stereocenters. The predicted octanol–water partition coefficient (Wildman–Crippen LogP) is 4.72. The van der Waals surface area contributed by atoms with Crippen LogP contribution in [0.15, 0.2) is 66.7 Å². The third kappa shape index (κ3) is 4.05. The van der Waals surface area contributed by atoms with Crippen LogP contribution >= 0.6 is 0 Å². The molecule has 0 radical (unpaired) electrons. The second-order valence-electron chi connectivity index (χ2n) is 6.58. The maximum Gasteiger partial charge on any atom is 0.0919 e. The largest absolute Gasteiger partial charge is 0.385 e. The van der Waals surface area contributed by atoms with E-state index in [1.807, 2.05) is 60.7 Å². The van der Waals surface area contributed by atoms with Gasteiger partial charge in [0, 0.05) is 6.42 Å². The third-order valence-electron chi connectivity index (χ3n) is 3.97. The number of rotatable bonds is 4. The predicted molar refractivity (Wildman–Crippen MR) is 90.0 cm³/mol. The summed E-state index contributed by atoms with van der Waals surface area (Å²) in [6, 6.07) is 20.2. The maximum absolute atomic E-state index is 11.2. The molecule has 2 aromatic carbocycles. The Morgan fingerprint density at radius 2 is 1.38 bits per heavy atom. The second kappa shape index (κ2) is 6.28. The van der Waals surface area contributed by atoms with Crippen molar-refractivity contribution in [2.45, 2.75) is 32.8 Å². The van der Waals surface area contributed by atoms with Crippen molar-refractivity contribution in [2.24, 2.45) is 5.41 Å². The summed E-state index contributed by atoms with van der Waals surface area (Å²) >= 11 is 0. The van der Waals surface area contributed by atoms with Crippen LogP contribution in [0.1, 0.15) is 31.9 Å². The summed E-state index contributed by atoms with van der Waals surface area (Å²) in [5, 5.41) is 11.2. The first-order valence-corrected chi connectivity index (χ1v) is 7.41. The Kier molecular flexibility index (Phi) is 4.64. The van der Waals surface area contributed by atoms with E-state index in [1.54, 1.807) is 0 Å². The lowest BCUT2D eigenvalue weighted by Gasteiger charge is -2.38. The minimum Gasteiger partial charge on any atom is -0.385 e. The van der Waals surface area contributed by atoms with Crippen molar-refractivity contribution in [3.8, 4) is 0 Å². The van der Waals surface area contributed by atoms with Gasteiger partial charge in [0.25, 0.3) is 0 Å². The molecular formula is C20H24O. The van der Waals surface area contributed by atoms with Crippen LogP contribution in [0.3, 0.4) is 0 Å². The quantitative estimate of drug-likeness (QED) is 0.859. The highest BCUT2D eigenvalue weighted by Gasteiger charge is 2.37. The zero-order chi connectivity index (χ0) is 15.3. The molecule has 1 nitrogen and oxygen atoms in total. The van der Waals surface area contributed by atoms with Crippen LogP contribution in [-0.2, 0) is 6.42 Å². The zero-order valence-corrected chi connectivity index (χ0v) is 13.1. The van der Waals surface area contributed by atoms with Crippen molar-refractivity contribution in [1.29, 1.82) is 0 Å². The number of aliphatic hydroxyl groups is 1. The molecule has 0 aliphatic heterocycles. The summed E-state index contributed by atoms with van der Waals surface area (Å²) < 4.78 is 0. The Bertz CT molecular complexity index is 578. The van der Waals surface area contributed by atoms with Crippen LogP contribution in [0.2, 0.25) is 0 Å². The molecule has 1 unspecified atom stereocenters. The van der Waals surface area contributed by atoms with Crippen LogP contribution in [0, 0.1) is 5.41 Å². The normalized spacial score (nSPS) is 15.0. The molecule has 0 fully saturated rings. The summed E-state index contributed by atoms with van der Waals surface area (Å²) in [7, 11) is 0. The molecule has 2 aromatic rings. The molecular weight excluding hydrogens is 256 g/mol. The highest BCUT2D eigenvalue weighted by Crippen LogP contribution is 2.35. The van der Waals surface area contributed by atoms with Crippen LogP contribution < -0.4 is 0 Å². The Hall–Kier alpha value is -1.86. The minimum atomic E-state index is -0.885. The Labute approximate surface area is 128 Å². The van der Waals surface area contributed by atoms with E-state index in [0.717, 1.165) is 11.1 Å². The van der Waals surface area contributed by atoms with Crippen molar-refractivity contribution in [2.75, 3.05) is 0 Å². The molecule has 2 rings (SSSR count). The highest BCUT2D eigenvalue weighted by molar-refractivity contribution is 5.50. The smallest absolute Gasteiger partial charge is 0.0919 e. The van der Waals surface area contributed by atoms with Gasteiger partial charge in [-0.05, 0) is 16.5 Å². The fourth-order valence-corrected chi connectivity index (χ4v) is 2.28. The molecule has 0 aliphatic rings. The van der Waals surface area contributed by atoms with Crippen molar-refractivity contribution in [3.05, 3.63) is 77.9 Å². The van der Waals surface area contributed by atoms with Gasteiger partial charge in [0.1, 0.15) is 0 Å². The van der Waals surface area contributed by atoms with E-state index in [-0.39, 0.29) is 5.41 Å². The van der Waals surface area contributed by atoms with Crippen LogP contribution in [0.25, 0.3) is 6.08 Å². The van der Waals surface area contributed by atoms with E-state index < -0.39 is 5.60 Å². The molecule has 0 saturated heterocycles. The molecule has 0 aromatic heterocycles. The average Bonchev–Trinajstić information content (AvgIpc) is 2.46. The summed E-state index contributed by atoms with van der Waals surface area (Å²) in [5.41, 5.74) is 1.12. The van der Waals surface area contributed by atoms with Crippen molar-refractivity contribution >= 4 is 6.08 Å². The highest BCUT2D eigenvalue weighted by atomic mass is 16.3. The van der Waals surface area contributed by atoms with E-state index in [4.69, 9.17) is 0 Å². The monoisotopic (exact) mass is 280 g/mol. The molecule has 0 amide bonds. The number of benzene rings is 2.